The highest BCUT2D eigenvalue weighted by Crippen LogP contribution is 2.39. The number of fused-ring (bicyclic) bond motifs is 1. The second-order valence-electron chi connectivity index (χ2n) is 5.67. The lowest BCUT2D eigenvalue weighted by Gasteiger charge is -2.15. The van der Waals surface area contributed by atoms with E-state index in [9.17, 15) is 8.42 Å². The van der Waals surface area contributed by atoms with Gasteiger partial charge in [0.25, 0.3) is 10.1 Å². The highest BCUT2D eigenvalue weighted by molar-refractivity contribution is 7.85. The zero-order valence-corrected chi connectivity index (χ0v) is 12.6. The Morgan fingerprint density at radius 2 is 1.89 bits per heavy atom. The van der Waals surface area contributed by atoms with Crippen LogP contribution in [0.3, 0.4) is 0 Å². The molecule has 104 valence electrons. The number of nitrogens with zero attached hydrogens (tertiary/aromatic N) is 1. The Balaban J connectivity index is 2.47. The van der Waals surface area contributed by atoms with Crippen molar-refractivity contribution in [2.24, 2.45) is 0 Å². The number of benzene rings is 1. The summed E-state index contributed by atoms with van der Waals surface area (Å²) >= 11 is 0. The smallest absolute Gasteiger partial charge is 0.271 e. The normalized spacial score (nSPS) is 17.7. The lowest BCUT2D eigenvalue weighted by Crippen LogP contribution is -2.28. The topological polar surface area (TPSA) is 57.4 Å². The van der Waals surface area contributed by atoms with Crippen molar-refractivity contribution in [3.63, 3.8) is 0 Å². The van der Waals surface area contributed by atoms with E-state index >= 15 is 0 Å². The third-order valence-corrected chi connectivity index (χ3v) is 4.70. The molecule has 4 nitrogen and oxygen atoms in total. The van der Waals surface area contributed by atoms with Gasteiger partial charge in [0.05, 0.1) is 5.41 Å². The van der Waals surface area contributed by atoms with Crippen molar-refractivity contribution in [3.8, 4) is 0 Å². The summed E-state index contributed by atoms with van der Waals surface area (Å²) in [5.74, 6) is -0.256. The molecule has 2 rings (SSSR count). The molecule has 0 unspecified atom stereocenters. The Labute approximate surface area is 114 Å². The maximum absolute atomic E-state index is 10.9. The Hall–Kier alpha value is -1.20. The summed E-state index contributed by atoms with van der Waals surface area (Å²) in [6.07, 6.45) is 0. The van der Waals surface area contributed by atoms with Gasteiger partial charge in [0.2, 0.25) is 5.69 Å². The minimum atomic E-state index is -3.94. The van der Waals surface area contributed by atoms with Gasteiger partial charge in [0.15, 0.2) is 12.3 Å². The van der Waals surface area contributed by atoms with Crippen molar-refractivity contribution >= 4 is 21.5 Å². The molecule has 0 bridgehead atoms. The minimum Gasteiger partial charge on any atom is -0.285 e. The summed E-state index contributed by atoms with van der Waals surface area (Å²) in [5.41, 5.74) is 4.44. The Kier molecular flexibility index (Phi) is 3.31. The summed E-state index contributed by atoms with van der Waals surface area (Å²) in [5, 5.41) is 0. The van der Waals surface area contributed by atoms with Crippen LogP contribution in [0, 0.1) is 6.92 Å². The molecule has 0 amide bonds. The first-order valence-electron chi connectivity index (χ1n) is 6.31. The molecule has 1 aliphatic rings. The quantitative estimate of drug-likeness (QED) is 0.683. The molecule has 0 aromatic heterocycles. The largest absolute Gasteiger partial charge is 0.285 e. The second kappa shape index (κ2) is 4.42. The SMILES string of the molecule is CC1=[N+](CCS(=O)(=O)O)c2ccc(C)cc2C1(C)C. The van der Waals surface area contributed by atoms with Gasteiger partial charge in [-0.3, -0.25) is 4.55 Å². The molecule has 0 saturated carbocycles. The Morgan fingerprint density at radius 1 is 1.26 bits per heavy atom. The molecule has 1 aliphatic heterocycles. The average Bonchev–Trinajstić information content (AvgIpc) is 2.45. The lowest BCUT2D eigenvalue weighted by molar-refractivity contribution is -0.433. The molecule has 0 atom stereocenters. The van der Waals surface area contributed by atoms with Gasteiger partial charge < -0.3 is 0 Å². The van der Waals surface area contributed by atoms with E-state index in [0.29, 0.717) is 0 Å². The van der Waals surface area contributed by atoms with Crippen molar-refractivity contribution in [2.45, 2.75) is 33.1 Å². The van der Waals surface area contributed by atoms with Crippen molar-refractivity contribution in [1.29, 1.82) is 0 Å². The molecule has 0 fully saturated rings. The molecule has 1 aromatic carbocycles. The number of hydrogen-bond donors (Lipinski definition) is 1. The third kappa shape index (κ3) is 2.58. The lowest BCUT2D eigenvalue weighted by atomic mass is 9.82. The van der Waals surface area contributed by atoms with E-state index in [1.165, 1.54) is 11.1 Å². The van der Waals surface area contributed by atoms with Gasteiger partial charge in [0, 0.05) is 18.6 Å². The van der Waals surface area contributed by atoms with E-state index in [4.69, 9.17) is 4.55 Å². The molecule has 19 heavy (non-hydrogen) atoms. The Bertz CT molecular complexity index is 657. The van der Waals surface area contributed by atoms with Gasteiger partial charge in [0.1, 0.15) is 5.75 Å². The van der Waals surface area contributed by atoms with Crippen molar-refractivity contribution in [3.05, 3.63) is 29.3 Å². The van der Waals surface area contributed by atoms with Crippen LogP contribution in [0.2, 0.25) is 0 Å². The predicted octanol–water partition coefficient (Wildman–Crippen LogP) is 2.28. The van der Waals surface area contributed by atoms with Crippen molar-refractivity contribution in [2.75, 3.05) is 12.3 Å². The molecule has 0 aliphatic carbocycles. The van der Waals surface area contributed by atoms with E-state index in [1.54, 1.807) is 0 Å². The molecule has 0 spiro atoms. The van der Waals surface area contributed by atoms with Crippen LogP contribution in [-0.2, 0) is 15.5 Å². The van der Waals surface area contributed by atoms with Crippen LogP contribution >= 0.6 is 0 Å². The zero-order chi connectivity index (χ0) is 14.4. The molecule has 0 saturated heterocycles. The van der Waals surface area contributed by atoms with Gasteiger partial charge in [-0.15, -0.1) is 0 Å². The molecule has 1 N–H and O–H groups in total. The van der Waals surface area contributed by atoms with Crippen molar-refractivity contribution in [1.82, 2.24) is 0 Å². The highest BCUT2D eigenvalue weighted by atomic mass is 32.2. The molecular weight excluding hydrogens is 262 g/mol. The van der Waals surface area contributed by atoms with Crippen molar-refractivity contribution < 1.29 is 17.5 Å². The molecule has 1 heterocycles. The predicted molar refractivity (Wildman–Crippen MR) is 76.1 cm³/mol. The van der Waals surface area contributed by atoms with Gasteiger partial charge in [-0.2, -0.15) is 13.0 Å². The summed E-state index contributed by atoms with van der Waals surface area (Å²) in [4.78, 5) is 0. The van der Waals surface area contributed by atoms with Crippen LogP contribution in [0.25, 0.3) is 0 Å². The van der Waals surface area contributed by atoms with Gasteiger partial charge in [-0.1, -0.05) is 11.6 Å². The van der Waals surface area contributed by atoms with E-state index in [-0.39, 0.29) is 17.7 Å². The number of aryl methyl sites for hydroxylation is 1. The zero-order valence-electron chi connectivity index (χ0n) is 11.8. The third-order valence-electron chi connectivity index (χ3n) is 4.00. The summed E-state index contributed by atoms with van der Waals surface area (Å²) in [7, 11) is -3.94. The fourth-order valence-electron chi connectivity index (χ4n) is 2.59. The van der Waals surface area contributed by atoms with E-state index in [2.05, 4.69) is 19.9 Å². The van der Waals surface area contributed by atoms with E-state index in [1.807, 2.05) is 30.6 Å². The molecular formula is C14H20NO3S+. The summed E-state index contributed by atoms with van der Waals surface area (Å²) in [6.45, 7) is 8.61. The van der Waals surface area contributed by atoms with E-state index < -0.39 is 10.1 Å². The summed E-state index contributed by atoms with van der Waals surface area (Å²) in [6, 6.07) is 6.19. The molecule has 0 radical (unpaired) electrons. The number of hydrogen-bond acceptors (Lipinski definition) is 2. The highest BCUT2D eigenvalue weighted by Gasteiger charge is 2.43. The standard InChI is InChI=1S/C14H19NO3S/c1-10-5-6-13-12(9-10)14(3,4)11(2)15(13)7-8-19(16,17)18/h5-6,9H,7-8H2,1-4H3/p+1. The Morgan fingerprint density at radius 3 is 2.47 bits per heavy atom. The van der Waals surface area contributed by atoms with E-state index in [0.717, 1.165) is 11.4 Å². The van der Waals surface area contributed by atoms with Crippen LogP contribution in [0.1, 0.15) is 31.9 Å². The monoisotopic (exact) mass is 282 g/mol. The molecule has 5 heteroatoms. The molecule has 1 aromatic rings. The maximum atomic E-state index is 10.9. The first-order chi connectivity index (χ1) is 8.63. The van der Waals surface area contributed by atoms with Gasteiger partial charge in [-0.25, -0.2) is 0 Å². The van der Waals surface area contributed by atoms with Crippen LogP contribution in [-0.4, -0.2) is 35.6 Å². The van der Waals surface area contributed by atoms with Crippen LogP contribution < -0.4 is 0 Å². The number of rotatable bonds is 3. The van der Waals surface area contributed by atoms with Gasteiger partial charge in [-0.05, 0) is 26.8 Å². The average molecular weight is 282 g/mol. The fraction of sp³-hybridized carbons (Fsp3) is 0.500. The summed E-state index contributed by atoms with van der Waals surface area (Å²) < 4.78 is 32.8. The van der Waals surface area contributed by atoms with Gasteiger partial charge >= 0.3 is 0 Å². The minimum absolute atomic E-state index is 0.111. The van der Waals surface area contributed by atoms with Crippen LogP contribution in [0.4, 0.5) is 5.69 Å². The maximum Gasteiger partial charge on any atom is 0.271 e. The fourth-order valence-corrected chi connectivity index (χ4v) is 3.01. The first kappa shape index (κ1) is 14.2. The second-order valence-corrected chi connectivity index (χ2v) is 7.24. The first-order valence-corrected chi connectivity index (χ1v) is 7.92. The van der Waals surface area contributed by atoms with Crippen LogP contribution in [0.5, 0.6) is 0 Å². The van der Waals surface area contributed by atoms with Crippen LogP contribution in [0.15, 0.2) is 18.2 Å².